The Bertz CT molecular complexity index is 452. The molecule has 0 unspecified atom stereocenters. The van der Waals surface area contributed by atoms with Gasteiger partial charge >= 0.3 is 0 Å². The molecule has 0 saturated heterocycles. The minimum Gasteiger partial charge on any atom is -0.493 e. The van der Waals surface area contributed by atoms with Crippen LogP contribution in [-0.2, 0) is 9.84 Å². The van der Waals surface area contributed by atoms with Crippen LogP contribution in [0, 0.1) is 0 Å². The van der Waals surface area contributed by atoms with E-state index in [-0.39, 0.29) is 22.6 Å². The zero-order valence-electron chi connectivity index (χ0n) is 9.06. The van der Waals surface area contributed by atoms with Crippen molar-refractivity contribution in [3.8, 4) is 5.88 Å². The summed E-state index contributed by atoms with van der Waals surface area (Å²) in [7, 11) is -3.33. The number of hydrogen-bond donors (Lipinski definition) is 1. The summed E-state index contributed by atoms with van der Waals surface area (Å²) in [6.45, 7) is 5.36. The molecule has 1 aromatic heterocycles. The van der Waals surface area contributed by atoms with Crippen LogP contribution in [0.1, 0.15) is 32.3 Å². The molecular formula is C10H15NO3S. The highest BCUT2D eigenvalue weighted by Gasteiger charge is 2.16. The van der Waals surface area contributed by atoms with E-state index in [1.165, 1.54) is 6.07 Å². The molecule has 1 aromatic rings. The molecule has 15 heavy (non-hydrogen) atoms. The van der Waals surface area contributed by atoms with Gasteiger partial charge in [0, 0.05) is 5.56 Å². The Labute approximate surface area is 89.9 Å². The molecule has 0 spiro atoms. The standard InChI is InChI=1S/C10H15NO3S/c1-4-15(13,14)9-6-5-8(7(2)3)10(12)11-9/h5-7H,4H2,1-3H3,(H,11,12). The van der Waals surface area contributed by atoms with Crippen molar-refractivity contribution in [1.82, 2.24) is 4.98 Å². The molecule has 1 N–H and O–H groups in total. The van der Waals surface area contributed by atoms with Gasteiger partial charge in [-0.05, 0) is 12.0 Å². The van der Waals surface area contributed by atoms with Crippen molar-refractivity contribution in [1.29, 1.82) is 0 Å². The summed E-state index contributed by atoms with van der Waals surface area (Å²) >= 11 is 0. The Balaban J connectivity index is 3.24. The summed E-state index contributed by atoms with van der Waals surface area (Å²) in [5.41, 5.74) is 0.657. The molecule has 5 heteroatoms. The van der Waals surface area contributed by atoms with Crippen LogP contribution in [0.25, 0.3) is 0 Å². The molecule has 0 aliphatic heterocycles. The van der Waals surface area contributed by atoms with Crippen molar-refractivity contribution in [2.24, 2.45) is 0 Å². The van der Waals surface area contributed by atoms with E-state index in [9.17, 15) is 13.5 Å². The van der Waals surface area contributed by atoms with Crippen molar-refractivity contribution >= 4 is 9.84 Å². The van der Waals surface area contributed by atoms with E-state index in [0.29, 0.717) is 5.56 Å². The van der Waals surface area contributed by atoms with Gasteiger partial charge in [-0.1, -0.05) is 26.8 Å². The predicted octanol–water partition coefficient (Wildman–Crippen LogP) is 1.70. The van der Waals surface area contributed by atoms with Crippen molar-refractivity contribution in [2.75, 3.05) is 5.75 Å². The third-order valence-corrected chi connectivity index (χ3v) is 3.83. The van der Waals surface area contributed by atoms with Crippen molar-refractivity contribution in [2.45, 2.75) is 31.7 Å². The second-order valence-electron chi connectivity index (χ2n) is 3.62. The number of nitrogens with zero attached hydrogens (tertiary/aromatic N) is 1. The molecule has 0 amide bonds. The van der Waals surface area contributed by atoms with E-state index in [2.05, 4.69) is 4.98 Å². The van der Waals surface area contributed by atoms with E-state index in [1.807, 2.05) is 13.8 Å². The lowest BCUT2D eigenvalue weighted by Gasteiger charge is -2.08. The third-order valence-electron chi connectivity index (χ3n) is 2.20. The molecule has 84 valence electrons. The molecule has 0 aliphatic carbocycles. The number of pyridine rings is 1. The number of aromatic nitrogens is 1. The summed E-state index contributed by atoms with van der Waals surface area (Å²) in [5, 5.41) is 9.48. The fourth-order valence-corrected chi connectivity index (χ4v) is 2.01. The van der Waals surface area contributed by atoms with Crippen LogP contribution in [0.15, 0.2) is 17.2 Å². The Morgan fingerprint density at radius 3 is 2.40 bits per heavy atom. The highest BCUT2D eigenvalue weighted by atomic mass is 32.2. The zero-order chi connectivity index (χ0) is 11.6. The maximum absolute atomic E-state index is 11.5. The van der Waals surface area contributed by atoms with Crippen LogP contribution in [0.3, 0.4) is 0 Å². The van der Waals surface area contributed by atoms with Crippen LogP contribution >= 0.6 is 0 Å². The van der Waals surface area contributed by atoms with Crippen LogP contribution in [-0.4, -0.2) is 24.3 Å². The van der Waals surface area contributed by atoms with Crippen molar-refractivity contribution < 1.29 is 13.5 Å². The second kappa shape index (κ2) is 4.18. The Kier molecular flexibility index (Phi) is 3.34. The van der Waals surface area contributed by atoms with E-state index in [4.69, 9.17) is 0 Å². The average molecular weight is 229 g/mol. The Hall–Kier alpha value is -1.10. The van der Waals surface area contributed by atoms with E-state index >= 15 is 0 Å². The first-order valence-corrected chi connectivity index (χ1v) is 6.46. The van der Waals surface area contributed by atoms with Crippen LogP contribution < -0.4 is 0 Å². The SMILES string of the molecule is CCS(=O)(=O)c1ccc(C(C)C)c(O)n1. The van der Waals surface area contributed by atoms with Gasteiger partial charge in [-0.3, -0.25) is 0 Å². The molecule has 0 radical (unpaired) electrons. The molecule has 0 aromatic carbocycles. The van der Waals surface area contributed by atoms with Gasteiger partial charge < -0.3 is 5.11 Å². The number of rotatable bonds is 3. The molecule has 0 saturated carbocycles. The lowest BCUT2D eigenvalue weighted by molar-refractivity contribution is 0.436. The number of aromatic hydroxyl groups is 1. The number of hydrogen-bond acceptors (Lipinski definition) is 4. The molecule has 4 nitrogen and oxygen atoms in total. The largest absolute Gasteiger partial charge is 0.493 e. The summed E-state index contributed by atoms with van der Waals surface area (Å²) in [6, 6.07) is 3.05. The van der Waals surface area contributed by atoms with Gasteiger partial charge in [0.25, 0.3) is 0 Å². The maximum atomic E-state index is 11.5. The minimum atomic E-state index is -3.33. The second-order valence-corrected chi connectivity index (χ2v) is 5.85. The predicted molar refractivity (Wildman–Crippen MR) is 57.7 cm³/mol. The smallest absolute Gasteiger partial charge is 0.215 e. The topological polar surface area (TPSA) is 67.3 Å². The van der Waals surface area contributed by atoms with E-state index < -0.39 is 9.84 Å². The normalized spacial score (nSPS) is 12.0. The first-order chi connectivity index (χ1) is 6.88. The lowest BCUT2D eigenvalue weighted by Crippen LogP contribution is -2.06. The Morgan fingerprint density at radius 2 is 2.00 bits per heavy atom. The van der Waals surface area contributed by atoms with Crippen LogP contribution in [0.5, 0.6) is 5.88 Å². The summed E-state index contributed by atoms with van der Waals surface area (Å²) in [6.07, 6.45) is 0. The quantitative estimate of drug-likeness (QED) is 0.856. The first kappa shape index (κ1) is 12.0. The average Bonchev–Trinajstić information content (AvgIpc) is 2.17. The van der Waals surface area contributed by atoms with Gasteiger partial charge in [0.2, 0.25) is 5.88 Å². The minimum absolute atomic E-state index is 0.0134. The molecule has 0 bridgehead atoms. The van der Waals surface area contributed by atoms with E-state index in [1.54, 1.807) is 13.0 Å². The molecule has 0 fully saturated rings. The maximum Gasteiger partial charge on any atom is 0.215 e. The first-order valence-electron chi connectivity index (χ1n) is 4.81. The molecular weight excluding hydrogens is 214 g/mol. The van der Waals surface area contributed by atoms with Gasteiger partial charge in [0.1, 0.15) is 0 Å². The van der Waals surface area contributed by atoms with Gasteiger partial charge in [-0.15, -0.1) is 0 Å². The van der Waals surface area contributed by atoms with Gasteiger partial charge in [0.15, 0.2) is 14.9 Å². The summed E-state index contributed by atoms with van der Waals surface area (Å²) in [5.74, 6) is -0.0871. The molecule has 1 rings (SSSR count). The van der Waals surface area contributed by atoms with Gasteiger partial charge in [0.05, 0.1) is 5.75 Å². The Morgan fingerprint density at radius 1 is 1.40 bits per heavy atom. The third kappa shape index (κ3) is 2.47. The van der Waals surface area contributed by atoms with Gasteiger partial charge in [-0.2, -0.15) is 0 Å². The van der Waals surface area contributed by atoms with Crippen LogP contribution in [0.2, 0.25) is 0 Å². The van der Waals surface area contributed by atoms with Crippen molar-refractivity contribution in [3.63, 3.8) is 0 Å². The molecule has 1 heterocycles. The lowest BCUT2D eigenvalue weighted by atomic mass is 10.1. The molecule has 0 aliphatic rings. The highest BCUT2D eigenvalue weighted by Crippen LogP contribution is 2.24. The number of sulfone groups is 1. The monoisotopic (exact) mass is 229 g/mol. The summed E-state index contributed by atoms with van der Waals surface area (Å²) < 4.78 is 22.9. The van der Waals surface area contributed by atoms with Gasteiger partial charge in [-0.25, -0.2) is 13.4 Å². The van der Waals surface area contributed by atoms with Crippen LogP contribution in [0.4, 0.5) is 0 Å². The molecule has 0 atom stereocenters. The fourth-order valence-electron chi connectivity index (χ4n) is 1.21. The fraction of sp³-hybridized carbons (Fsp3) is 0.500. The van der Waals surface area contributed by atoms with E-state index in [0.717, 1.165) is 0 Å². The van der Waals surface area contributed by atoms with Crippen molar-refractivity contribution in [3.05, 3.63) is 17.7 Å². The summed E-state index contributed by atoms with van der Waals surface area (Å²) in [4.78, 5) is 3.70. The highest BCUT2D eigenvalue weighted by molar-refractivity contribution is 7.91. The zero-order valence-corrected chi connectivity index (χ0v) is 9.87.